The molecule has 1 atom stereocenters. The Bertz CT molecular complexity index is 1630. The largest absolute Gasteiger partial charge is 0.414 e. The highest BCUT2D eigenvalue weighted by Crippen LogP contribution is 2.48. The number of amides is 2. The molecule has 0 bridgehead atoms. The zero-order valence-electron chi connectivity index (χ0n) is 18.4. The highest BCUT2D eigenvalue weighted by molar-refractivity contribution is 6.13. The van der Waals surface area contributed by atoms with E-state index in [9.17, 15) is 19.1 Å². The molecule has 0 aliphatic carbocycles. The maximum absolute atomic E-state index is 15.3. The van der Waals surface area contributed by atoms with Crippen LogP contribution in [0.1, 0.15) is 27.0 Å². The molecule has 1 unspecified atom stereocenters. The molecule has 1 aliphatic rings. The van der Waals surface area contributed by atoms with Crippen molar-refractivity contribution in [1.82, 2.24) is 15.3 Å². The normalized spacial score (nSPS) is 16.7. The summed E-state index contributed by atoms with van der Waals surface area (Å²) in [6.07, 6.45) is 4.55. The van der Waals surface area contributed by atoms with Crippen LogP contribution < -0.4 is 15.0 Å². The standard InChI is InChI=1S/C25H15F3N4O4/c1-3-12-5-4-6-18(21(12)28)32-22(33)19-14(26)8-9-15(27)20(19)25(32,35)13-7-10-16-17(11-13)31-23(30-16)36-24(34)29-2/h1,4-11,35H,2H3,(H,29,34)(H,30,31). The number of carbonyl (C=O) groups is 2. The Morgan fingerprint density at radius 1 is 1.19 bits per heavy atom. The molecule has 0 radical (unpaired) electrons. The molecular formula is C25H15F3N4O4. The Balaban J connectivity index is 1.77. The fraction of sp³-hybridized carbons (Fsp3) is 0.0800. The topological polar surface area (TPSA) is 108 Å². The van der Waals surface area contributed by atoms with Crippen molar-refractivity contribution in [2.75, 3.05) is 11.9 Å². The predicted molar refractivity (Wildman–Crippen MR) is 122 cm³/mol. The van der Waals surface area contributed by atoms with Crippen molar-refractivity contribution < 1.29 is 32.6 Å². The summed E-state index contributed by atoms with van der Waals surface area (Å²) in [5, 5.41) is 14.2. The predicted octanol–water partition coefficient (Wildman–Crippen LogP) is 3.53. The zero-order chi connectivity index (χ0) is 25.8. The zero-order valence-corrected chi connectivity index (χ0v) is 18.4. The molecule has 0 fully saturated rings. The smallest absolute Gasteiger partial charge is 0.375 e. The summed E-state index contributed by atoms with van der Waals surface area (Å²) in [6.45, 7) is 0. The van der Waals surface area contributed by atoms with E-state index in [2.05, 4.69) is 21.2 Å². The Morgan fingerprint density at radius 2 is 1.94 bits per heavy atom. The summed E-state index contributed by atoms with van der Waals surface area (Å²) in [5.74, 6) is -2.28. The third-order valence-electron chi connectivity index (χ3n) is 5.82. The van der Waals surface area contributed by atoms with Gasteiger partial charge in [0.05, 0.1) is 33.4 Å². The molecule has 180 valence electrons. The van der Waals surface area contributed by atoms with Crippen LogP contribution in [0, 0.1) is 29.8 Å². The van der Waals surface area contributed by atoms with Crippen molar-refractivity contribution in [2.24, 2.45) is 0 Å². The van der Waals surface area contributed by atoms with Crippen molar-refractivity contribution >= 4 is 28.7 Å². The number of imidazole rings is 1. The third-order valence-corrected chi connectivity index (χ3v) is 5.82. The average Bonchev–Trinajstić information content (AvgIpc) is 3.37. The number of aromatic nitrogens is 2. The molecule has 8 nitrogen and oxygen atoms in total. The number of anilines is 1. The molecule has 1 aromatic heterocycles. The van der Waals surface area contributed by atoms with Crippen molar-refractivity contribution in [3.8, 4) is 18.4 Å². The van der Waals surface area contributed by atoms with Gasteiger partial charge in [-0.1, -0.05) is 18.1 Å². The number of benzene rings is 3. The van der Waals surface area contributed by atoms with Gasteiger partial charge in [0, 0.05) is 12.6 Å². The van der Waals surface area contributed by atoms with Crippen LogP contribution in [0.3, 0.4) is 0 Å². The Kier molecular flexibility index (Phi) is 5.19. The fourth-order valence-electron chi connectivity index (χ4n) is 4.22. The summed E-state index contributed by atoms with van der Waals surface area (Å²) in [4.78, 5) is 32.2. The van der Waals surface area contributed by atoms with E-state index in [1.54, 1.807) is 0 Å². The number of aliphatic hydroxyl groups is 1. The molecular weight excluding hydrogens is 477 g/mol. The van der Waals surface area contributed by atoms with Crippen LogP contribution in [0.2, 0.25) is 0 Å². The van der Waals surface area contributed by atoms with E-state index < -0.39 is 52.0 Å². The molecule has 5 rings (SSSR count). The second-order valence-electron chi connectivity index (χ2n) is 7.79. The Morgan fingerprint density at radius 3 is 2.67 bits per heavy atom. The number of aromatic amines is 1. The van der Waals surface area contributed by atoms with Crippen LogP contribution in [0.5, 0.6) is 6.01 Å². The van der Waals surface area contributed by atoms with E-state index in [-0.39, 0.29) is 28.2 Å². The lowest BCUT2D eigenvalue weighted by Gasteiger charge is -2.35. The number of ether oxygens (including phenoxy) is 1. The van der Waals surface area contributed by atoms with Gasteiger partial charge in [0.1, 0.15) is 11.6 Å². The quantitative estimate of drug-likeness (QED) is 0.380. The van der Waals surface area contributed by atoms with Crippen molar-refractivity contribution in [2.45, 2.75) is 5.72 Å². The summed E-state index contributed by atoms with van der Waals surface area (Å²) in [5.41, 5.74) is -4.47. The van der Waals surface area contributed by atoms with Gasteiger partial charge in [0.2, 0.25) is 5.72 Å². The van der Waals surface area contributed by atoms with Gasteiger partial charge in [0.25, 0.3) is 5.91 Å². The molecule has 4 aromatic rings. The molecule has 11 heteroatoms. The fourth-order valence-corrected chi connectivity index (χ4v) is 4.22. The maximum Gasteiger partial charge on any atom is 0.414 e. The Labute approximate surface area is 201 Å². The highest BCUT2D eigenvalue weighted by Gasteiger charge is 2.54. The molecule has 2 heterocycles. The second-order valence-corrected chi connectivity index (χ2v) is 7.79. The Hall–Kier alpha value is -4.82. The number of hydrogen-bond acceptors (Lipinski definition) is 5. The van der Waals surface area contributed by atoms with Crippen LogP contribution in [0.4, 0.5) is 23.7 Å². The third kappa shape index (κ3) is 3.19. The van der Waals surface area contributed by atoms with Crippen molar-refractivity contribution in [3.63, 3.8) is 0 Å². The molecule has 36 heavy (non-hydrogen) atoms. The van der Waals surface area contributed by atoms with Gasteiger partial charge in [-0.15, -0.1) is 6.42 Å². The summed E-state index contributed by atoms with van der Waals surface area (Å²) in [6, 6.07) is 9.08. The minimum Gasteiger partial charge on any atom is -0.375 e. The molecule has 0 saturated carbocycles. The maximum atomic E-state index is 15.3. The van der Waals surface area contributed by atoms with Gasteiger partial charge < -0.3 is 20.1 Å². The number of carbonyl (C=O) groups excluding carboxylic acids is 2. The van der Waals surface area contributed by atoms with Gasteiger partial charge in [-0.25, -0.2) is 18.0 Å². The lowest BCUT2D eigenvalue weighted by Crippen LogP contribution is -2.46. The average molecular weight is 492 g/mol. The van der Waals surface area contributed by atoms with Crippen molar-refractivity contribution in [3.05, 3.63) is 88.2 Å². The first-order chi connectivity index (χ1) is 17.2. The number of terminal acetylenes is 1. The van der Waals surface area contributed by atoms with Gasteiger partial charge in [-0.05, 0) is 36.4 Å². The minimum absolute atomic E-state index is 0.132. The minimum atomic E-state index is -2.69. The van der Waals surface area contributed by atoms with E-state index in [0.29, 0.717) is 4.90 Å². The van der Waals surface area contributed by atoms with Gasteiger partial charge in [-0.2, -0.15) is 4.98 Å². The molecule has 0 spiro atoms. The first kappa shape index (κ1) is 22.9. The van der Waals surface area contributed by atoms with E-state index in [1.807, 2.05) is 0 Å². The second kappa shape index (κ2) is 8.14. The van der Waals surface area contributed by atoms with Crippen molar-refractivity contribution in [1.29, 1.82) is 0 Å². The number of rotatable bonds is 3. The van der Waals surface area contributed by atoms with Gasteiger partial charge in [-0.3, -0.25) is 9.69 Å². The van der Waals surface area contributed by atoms with E-state index in [1.165, 1.54) is 37.4 Å². The number of hydrogen-bond donors (Lipinski definition) is 3. The van der Waals surface area contributed by atoms with E-state index in [0.717, 1.165) is 18.2 Å². The van der Waals surface area contributed by atoms with Crippen LogP contribution in [0.25, 0.3) is 11.0 Å². The molecule has 3 N–H and O–H groups in total. The van der Waals surface area contributed by atoms with Crippen LogP contribution in [-0.2, 0) is 5.72 Å². The number of H-pyrrole nitrogens is 1. The molecule has 0 saturated heterocycles. The lowest BCUT2D eigenvalue weighted by atomic mass is 9.92. The summed E-state index contributed by atoms with van der Waals surface area (Å²) >= 11 is 0. The van der Waals surface area contributed by atoms with Crippen LogP contribution >= 0.6 is 0 Å². The summed E-state index contributed by atoms with van der Waals surface area (Å²) < 4.78 is 50.2. The van der Waals surface area contributed by atoms with Gasteiger partial charge in [0.15, 0.2) is 5.82 Å². The van der Waals surface area contributed by atoms with E-state index >= 15 is 8.78 Å². The van der Waals surface area contributed by atoms with Crippen LogP contribution in [-0.4, -0.2) is 34.1 Å². The van der Waals surface area contributed by atoms with Gasteiger partial charge >= 0.3 is 12.1 Å². The van der Waals surface area contributed by atoms with Crippen LogP contribution in [0.15, 0.2) is 48.5 Å². The number of nitrogens with zero attached hydrogens (tertiary/aromatic N) is 2. The summed E-state index contributed by atoms with van der Waals surface area (Å²) in [7, 11) is 1.35. The van der Waals surface area contributed by atoms with E-state index in [4.69, 9.17) is 11.2 Å². The lowest BCUT2D eigenvalue weighted by molar-refractivity contribution is 0.0681. The first-order valence-electron chi connectivity index (χ1n) is 10.4. The number of halogens is 3. The number of fused-ring (bicyclic) bond motifs is 2. The SMILES string of the molecule is C#Cc1cccc(N2C(=O)c3c(F)ccc(F)c3C2(O)c2ccc3nc(OC(=O)NC)[nH]c3c2)c1F. The highest BCUT2D eigenvalue weighted by atomic mass is 19.1. The first-order valence-corrected chi connectivity index (χ1v) is 10.4. The number of nitrogens with one attached hydrogen (secondary N) is 2. The molecule has 1 aliphatic heterocycles. The molecule has 3 aromatic carbocycles. The monoisotopic (exact) mass is 492 g/mol. The molecule has 2 amide bonds.